The van der Waals surface area contributed by atoms with E-state index < -0.39 is 5.97 Å². The molecule has 0 aliphatic rings. The van der Waals surface area contributed by atoms with Gasteiger partial charge in [-0.2, -0.15) is 0 Å². The smallest absolute Gasteiger partial charge is 0.335 e. The van der Waals surface area contributed by atoms with E-state index >= 15 is 0 Å². The zero-order valence-corrected chi connectivity index (χ0v) is 10.1. The molecule has 1 aromatic carbocycles. The Morgan fingerprint density at radius 1 is 1.37 bits per heavy atom. The first-order chi connectivity index (χ1) is 9.18. The zero-order valence-electron chi connectivity index (χ0n) is 10.1. The van der Waals surface area contributed by atoms with Crippen LogP contribution in [-0.4, -0.2) is 27.6 Å². The van der Waals surface area contributed by atoms with E-state index in [1.54, 1.807) is 24.3 Å². The van der Waals surface area contributed by atoms with Gasteiger partial charge in [0.05, 0.1) is 5.56 Å². The van der Waals surface area contributed by atoms with Crippen LogP contribution in [0.2, 0.25) is 0 Å². The van der Waals surface area contributed by atoms with Gasteiger partial charge in [0.1, 0.15) is 0 Å². The molecule has 0 spiro atoms. The van der Waals surface area contributed by atoms with Gasteiger partial charge in [-0.25, -0.2) is 9.78 Å². The Kier molecular flexibility index (Phi) is 3.92. The van der Waals surface area contributed by atoms with E-state index in [0.717, 1.165) is 5.56 Å². The minimum absolute atomic E-state index is 0.232. The van der Waals surface area contributed by atoms with E-state index in [9.17, 15) is 9.59 Å². The lowest BCUT2D eigenvalue weighted by Crippen LogP contribution is -2.17. The Bertz CT molecular complexity index is 637. The number of rotatable bonds is 5. The molecule has 19 heavy (non-hydrogen) atoms. The van der Waals surface area contributed by atoms with Crippen molar-refractivity contribution in [3.8, 4) is 0 Å². The lowest BCUT2D eigenvalue weighted by Gasteiger charge is -2.07. The lowest BCUT2D eigenvalue weighted by atomic mass is 10.0. The summed E-state index contributed by atoms with van der Waals surface area (Å²) in [7, 11) is 0. The minimum Gasteiger partial charge on any atom is -0.478 e. The molecule has 0 saturated carbocycles. The number of H-pyrrole nitrogens is 1. The van der Waals surface area contributed by atoms with Crippen molar-refractivity contribution < 1.29 is 9.90 Å². The van der Waals surface area contributed by atoms with Crippen LogP contribution in [0.5, 0.6) is 0 Å². The molecule has 6 nitrogen and oxygen atoms in total. The van der Waals surface area contributed by atoms with E-state index in [4.69, 9.17) is 5.11 Å². The van der Waals surface area contributed by atoms with E-state index in [1.165, 1.54) is 12.4 Å². The molecule has 0 saturated heterocycles. The van der Waals surface area contributed by atoms with Crippen molar-refractivity contribution in [3.63, 3.8) is 0 Å². The quantitative estimate of drug-likeness (QED) is 0.748. The average Bonchev–Trinajstić information content (AvgIpc) is 2.41. The van der Waals surface area contributed by atoms with E-state index in [0.29, 0.717) is 13.0 Å². The van der Waals surface area contributed by atoms with Gasteiger partial charge in [0.15, 0.2) is 5.82 Å². The highest BCUT2D eigenvalue weighted by atomic mass is 16.4. The molecule has 2 rings (SSSR count). The molecular formula is C13H13N3O3. The fourth-order valence-electron chi connectivity index (χ4n) is 1.74. The summed E-state index contributed by atoms with van der Waals surface area (Å²) in [4.78, 5) is 28.8. The van der Waals surface area contributed by atoms with E-state index in [-0.39, 0.29) is 16.9 Å². The molecule has 0 atom stereocenters. The maximum Gasteiger partial charge on any atom is 0.335 e. The maximum atomic E-state index is 11.4. The standard InChI is InChI=1S/C13H13N3O3/c17-12-11(15-7-8-16-12)14-6-5-9-3-1-2-4-10(9)13(18)19/h1-4,7-8H,5-6H2,(H,14,15)(H,16,17)(H,18,19). The van der Waals surface area contributed by atoms with Crippen LogP contribution in [0.4, 0.5) is 5.82 Å². The summed E-state index contributed by atoms with van der Waals surface area (Å²) in [6, 6.07) is 6.79. The highest BCUT2D eigenvalue weighted by molar-refractivity contribution is 5.89. The Morgan fingerprint density at radius 3 is 2.89 bits per heavy atom. The average molecular weight is 259 g/mol. The number of aromatic amines is 1. The van der Waals surface area contributed by atoms with Crippen LogP contribution >= 0.6 is 0 Å². The third kappa shape index (κ3) is 3.19. The van der Waals surface area contributed by atoms with Gasteiger partial charge >= 0.3 is 5.97 Å². The molecule has 0 aliphatic carbocycles. The molecule has 0 radical (unpaired) electrons. The molecule has 6 heteroatoms. The van der Waals surface area contributed by atoms with Crippen molar-refractivity contribution in [1.82, 2.24) is 9.97 Å². The summed E-state index contributed by atoms with van der Waals surface area (Å²) in [5, 5.41) is 11.9. The molecule has 0 unspecified atom stereocenters. The van der Waals surface area contributed by atoms with Gasteiger partial charge in [-0.1, -0.05) is 18.2 Å². The van der Waals surface area contributed by atoms with Crippen LogP contribution in [0.15, 0.2) is 41.5 Å². The fourth-order valence-corrected chi connectivity index (χ4v) is 1.74. The van der Waals surface area contributed by atoms with Crippen LogP contribution in [-0.2, 0) is 6.42 Å². The Balaban J connectivity index is 2.02. The molecule has 1 aromatic heterocycles. The third-order valence-corrected chi connectivity index (χ3v) is 2.64. The predicted octanol–water partition coefficient (Wildman–Crippen LogP) is 1.12. The first-order valence-corrected chi connectivity index (χ1v) is 5.77. The molecule has 0 amide bonds. The number of nitrogens with zero attached hydrogens (tertiary/aromatic N) is 1. The second-order valence-electron chi connectivity index (χ2n) is 3.91. The molecular weight excluding hydrogens is 246 g/mol. The van der Waals surface area contributed by atoms with E-state index in [1.807, 2.05) is 0 Å². The Labute approximate surface area is 109 Å². The molecule has 3 N–H and O–H groups in total. The number of carboxylic acids is 1. The number of aromatic nitrogens is 2. The SMILES string of the molecule is O=C(O)c1ccccc1CCNc1ncc[nH]c1=O. The molecule has 0 aliphatic heterocycles. The minimum atomic E-state index is -0.953. The highest BCUT2D eigenvalue weighted by Gasteiger charge is 2.08. The largest absolute Gasteiger partial charge is 0.478 e. The number of hydrogen-bond donors (Lipinski definition) is 3. The summed E-state index contributed by atoms with van der Waals surface area (Å²) in [5.74, 6) is -0.721. The van der Waals surface area contributed by atoms with Gasteiger partial charge in [-0.15, -0.1) is 0 Å². The number of nitrogens with one attached hydrogen (secondary N) is 2. The highest BCUT2D eigenvalue weighted by Crippen LogP contribution is 2.09. The third-order valence-electron chi connectivity index (χ3n) is 2.64. The zero-order chi connectivity index (χ0) is 13.7. The van der Waals surface area contributed by atoms with Crippen molar-refractivity contribution >= 4 is 11.8 Å². The van der Waals surface area contributed by atoms with Crippen molar-refractivity contribution in [2.45, 2.75) is 6.42 Å². The normalized spacial score (nSPS) is 10.1. The number of aromatic carboxylic acids is 1. The van der Waals surface area contributed by atoms with Gasteiger partial charge in [-0.3, -0.25) is 4.79 Å². The first kappa shape index (κ1) is 12.8. The van der Waals surface area contributed by atoms with Gasteiger partial charge in [0.2, 0.25) is 0 Å². The van der Waals surface area contributed by atoms with Crippen LogP contribution < -0.4 is 10.9 Å². The number of benzene rings is 1. The summed E-state index contributed by atoms with van der Waals surface area (Å²) < 4.78 is 0. The van der Waals surface area contributed by atoms with Gasteiger partial charge < -0.3 is 15.4 Å². The van der Waals surface area contributed by atoms with Crippen LogP contribution in [0.3, 0.4) is 0 Å². The summed E-state index contributed by atoms with van der Waals surface area (Å²) in [5.41, 5.74) is 0.697. The number of carbonyl (C=O) groups is 1. The monoisotopic (exact) mass is 259 g/mol. The first-order valence-electron chi connectivity index (χ1n) is 5.77. The maximum absolute atomic E-state index is 11.4. The van der Waals surface area contributed by atoms with Gasteiger partial charge in [0, 0.05) is 18.9 Å². The van der Waals surface area contributed by atoms with Crippen LogP contribution in [0, 0.1) is 0 Å². The van der Waals surface area contributed by atoms with Gasteiger partial charge in [-0.05, 0) is 18.1 Å². The fraction of sp³-hybridized carbons (Fsp3) is 0.154. The second kappa shape index (κ2) is 5.81. The molecule has 1 heterocycles. The molecule has 98 valence electrons. The van der Waals surface area contributed by atoms with Crippen molar-refractivity contribution in [1.29, 1.82) is 0 Å². The topological polar surface area (TPSA) is 95.1 Å². The Hall–Kier alpha value is -2.63. The molecule has 0 bridgehead atoms. The molecule has 2 aromatic rings. The summed E-state index contributed by atoms with van der Waals surface area (Å²) >= 11 is 0. The second-order valence-corrected chi connectivity index (χ2v) is 3.91. The number of carboxylic acid groups (broad SMARTS) is 1. The van der Waals surface area contributed by atoms with Crippen molar-refractivity contribution in [2.75, 3.05) is 11.9 Å². The number of hydrogen-bond acceptors (Lipinski definition) is 4. The summed E-state index contributed by atoms with van der Waals surface area (Å²) in [6.45, 7) is 0.435. The van der Waals surface area contributed by atoms with Crippen molar-refractivity contribution in [2.24, 2.45) is 0 Å². The van der Waals surface area contributed by atoms with Gasteiger partial charge in [0.25, 0.3) is 5.56 Å². The van der Waals surface area contributed by atoms with Crippen LogP contribution in [0.25, 0.3) is 0 Å². The Morgan fingerprint density at radius 2 is 2.16 bits per heavy atom. The lowest BCUT2D eigenvalue weighted by molar-refractivity contribution is 0.0695. The van der Waals surface area contributed by atoms with Crippen molar-refractivity contribution in [3.05, 3.63) is 58.1 Å². The van der Waals surface area contributed by atoms with Crippen LogP contribution in [0.1, 0.15) is 15.9 Å². The molecule has 0 fully saturated rings. The van der Waals surface area contributed by atoms with E-state index in [2.05, 4.69) is 15.3 Å². The number of anilines is 1. The predicted molar refractivity (Wildman–Crippen MR) is 70.5 cm³/mol. The summed E-state index contributed by atoms with van der Waals surface area (Å²) in [6.07, 6.45) is 3.43.